The Balaban J connectivity index is 2.12. The van der Waals surface area contributed by atoms with E-state index >= 15 is 0 Å². The van der Waals surface area contributed by atoms with E-state index in [0.29, 0.717) is 15.6 Å². The largest absolute Gasteiger partial charge is 0.394 e. The molecule has 1 aromatic rings. The van der Waals surface area contributed by atoms with Crippen LogP contribution in [0.2, 0.25) is 10.0 Å². The van der Waals surface area contributed by atoms with Crippen molar-refractivity contribution in [1.82, 2.24) is 5.32 Å². The molecule has 2 rings (SSSR count). The standard InChI is InChI=1S/C15H19Cl2NO6/c1-7(20)18-12-14(22)13(21)11(5-19)24-15(12)23-6-8-2-3-9(16)4-10(8)17/h2-4,11-15,19,21-22H,5-6H2,1H3,(H,18,20)/t11-,12+,13+,14+,15-/m0/s1. The lowest BCUT2D eigenvalue weighted by Gasteiger charge is -2.42. The number of ether oxygens (including phenoxy) is 2. The highest BCUT2D eigenvalue weighted by molar-refractivity contribution is 6.35. The molecule has 1 fully saturated rings. The molecule has 1 saturated heterocycles. The van der Waals surface area contributed by atoms with Gasteiger partial charge in [0.2, 0.25) is 5.91 Å². The summed E-state index contributed by atoms with van der Waals surface area (Å²) in [6.07, 6.45) is -4.82. The fourth-order valence-corrected chi connectivity index (χ4v) is 2.89. The molecule has 0 unspecified atom stereocenters. The molecule has 4 N–H and O–H groups in total. The van der Waals surface area contributed by atoms with Crippen molar-refractivity contribution in [2.75, 3.05) is 6.61 Å². The van der Waals surface area contributed by atoms with Crippen molar-refractivity contribution < 1.29 is 29.6 Å². The molecule has 134 valence electrons. The number of aliphatic hydroxyl groups is 3. The Morgan fingerprint density at radius 1 is 1.33 bits per heavy atom. The maximum absolute atomic E-state index is 11.3. The van der Waals surface area contributed by atoms with Gasteiger partial charge in [-0.2, -0.15) is 0 Å². The van der Waals surface area contributed by atoms with Crippen LogP contribution in [0, 0.1) is 0 Å². The lowest BCUT2D eigenvalue weighted by atomic mass is 9.97. The van der Waals surface area contributed by atoms with Gasteiger partial charge in [-0.05, 0) is 17.7 Å². The Hall–Kier alpha value is -0.930. The van der Waals surface area contributed by atoms with Gasteiger partial charge in [-0.1, -0.05) is 29.3 Å². The maximum Gasteiger partial charge on any atom is 0.217 e. The predicted octanol–water partition coefficient (Wildman–Crippen LogP) is 0.454. The number of aliphatic hydroxyl groups excluding tert-OH is 3. The summed E-state index contributed by atoms with van der Waals surface area (Å²) in [5.74, 6) is -0.421. The molecule has 0 bridgehead atoms. The van der Waals surface area contributed by atoms with Gasteiger partial charge < -0.3 is 30.1 Å². The Morgan fingerprint density at radius 2 is 2.04 bits per heavy atom. The van der Waals surface area contributed by atoms with E-state index in [-0.39, 0.29) is 6.61 Å². The third-order valence-electron chi connectivity index (χ3n) is 3.67. The van der Waals surface area contributed by atoms with Crippen molar-refractivity contribution in [3.8, 4) is 0 Å². The molecular weight excluding hydrogens is 361 g/mol. The molecule has 1 aliphatic heterocycles. The minimum Gasteiger partial charge on any atom is -0.394 e. The number of nitrogens with one attached hydrogen (secondary N) is 1. The van der Waals surface area contributed by atoms with E-state index in [0.717, 1.165) is 0 Å². The minimum absolute atomic E-state index is 0.0255. The average molecular weight is 380 g/mol. The van der Waals surface area contributed by atoms with Crippen LogP contribution in [-0.2, 0) is 20.9 Å². The van der Waals surface area contributed by atoms with Crippen LogP contribution >= 0.6 is 23.2 Å². The van der Waals surface area contributed by atoms with Gasteiger partial charge in [0.05, 0.1) is 13.2 Å². The fraction of sp³-hybridized carbons (Fsp3) is 0.533. The van der Waals surface area contributed by atoms with E-state index in [1.807, 2.05) is 0 Å². The Labute approximate surface area is 149 Å². The van der Waals surface area contributed by atoms with Crippen LogP contribution < -0.4 is 5.32 Å². The van der Waals surface area contributed by atoms with E-state index in [1.54, 1.807) is 18.2 Å². The molecule has 0 spiro atoms. The lowest BCUT2D eigenvalue weighted by Crippen LogP contribution is -2.64. The van der Waals surface area contributed by atoms with Gasteiger partial charge in [0.1, 0.15) is 24.4 Å². The zero-order valence-electron chi connectivity index (χ0n) is 12.9. The van der Waals surface area contributed by atoms with Crippen molar-refractivity contribution in [3.63, 3.8) is 0 Å². The Bertz CT molecular complexity index is 587. The number of rotatable bonds is 5. The van der Waals surface area contributed by atoms with Crippen molar-refractivity contribution in [1.29, 1.82) is 0 Å². The van der Waals surface area contributed by atoms with Gasteiger partial charge in [0.25, 0.3) is 0 Å². The van der Waals surface area contributed by atoms with Crippen LogP contribution in [0.3, 0.4) is 0 Å². The summed E-state index contributed by atoms with van der Waals surface area (Å²) in [4.78, 5) is 11.3. The zero-order chi connectivity index (χ0) is 17.9. The molecule has 0 radical (unpaired) electrons. The van der Waals surface area contributed by atoms with Crippen LogP contribution in [0.1, 0.15) is 12.5 Å². The summed E-state index contributed by atoms with van der Waals surface area (Å²) in [5, 5.41) is 32.7. The highest BCUT2D eigenvalue weighted by Crippen LogP contribution is 2.26. The van der Waals surface area contributed by atoms with Crippen molar-refractivity contribution in [2.24, 2.45) is 0 Å². The summed E-state index contributed by atoms with van der Waals surface area (Å²) in [7, 11) is 0. The number of hydrogen-bond donors (Lipinski definition) is 4. The summed E-state index contributed by atoms with van der Waals surface area (Å²) in [5.41, 5.74) is 0.632. The lowest BCUT2D eigenvalue weighted by molar-refractivity contribution is -0.273. The van der Waals surface area contributed by atoms with Gasteiger partial charge in [0, 0.05) is 17.0 Å². The van der Waals surface area contributed by atoms with E-state index in [9.17, 15) is 20.1 Å². The zero-order valence-corrected chi connectivity index (χ0v) is 14.4. The molecule has 0 saturated carbocycles. The Morgan fingerprint density at radius 3 is 2.62 bits per heavy atom. The van der Waals surface area contributed by atoms with Crippen molar-refractivity contribution in [2.45, 2.75) is 44.2 Å². The van der Waals surface area contributed by atoms with Crippen LogP contribution in [-0.4, -0.2) is 58.5 Å². The molecule has 1 aliphatic rings. The number of carbonyl (C=O) groups is 1. The molecular formula is C15H19Cl2NO6. The molecule has 9 heteroatoms. The third-order valence-corrected chi connectivity index (χ3v) is 4.26. The first-order valence-electron chi connectivity index (χ1n) is 7.28. The van der Waals surface area contributed by atoms with E-state index in [2.05, 4.69) is 5.32 Å². The SMILES string of the molecule is CC(=O)N[C@H]1[C@@H](OCc2ccc(Cl)cc2Cl)O[C@@H](CO)[C@@H](O)[C@@H]1O. The number of amides is 1. The molecule has 1 amide bonds. The van der Waals surface area contributed by atoms with Gasteiger partial charge >= 0.3 is 0 Å². The first-order valence-corrected chi connectivity index (χ1v) is 8.04. The normalized spacial score (nSPS) is 30.2. The topological polar surface area (TPSA) is 108 Å². The second-order valence-corrected chi connectivity index (χ2v) is 6.32. The fourth-order valence-electron chi connectivity index (χ4n) is 2.42. The summed E-state index contributed by atoms with van der Waals surface area (Å²) in [6, 6.07) is 3.89. The van der Waals surface area contributed by atoms with Crippen molar-refractivity contribution >= 4 is 29.1 Å². The van der Waals surface area contributed by atoms with Gasteiger partial charge in [-0.3, -0.25) is 4.79 Å². The molecule has 0 aromatic heterocycles. The summed E-state index contributed by atoms with van der Waals surface area (Å²) >= 11 is 11.9. The van der Waals surface area contributed by atoms with Gasteiger partial charge in [-0.15, -0.1) is 0 Å². The van der Waals surface area contributed by atoms with Crippen molar-refractivity contribution in [3.05, 3.63) is 33.8 Å². The smallest absolute Gasteiger partial charge is 0.217 e. The second-order valence-electron chi connectivity index (χ2n) is 5.48. The van der Waals surface area contributed by atoms with E-state index < -0.39 is 43.2 Å². The van der Waals surface area contributed by atoms with E-state index in [1.165, 1.54) is 6.92 Å². The highest BCUT2D eigenvalue weighted by atomic mass is 35.5. The van der Waals surface area contributed by atoms with Crippen LogP contribution in [0.4, 0.5) is 0 Å². The number of hydrogen-bond acceptors (Lipinski definition) is 6. The number of carbonyl (C=O) groups excluding carboxylic acids is 1. The molecule has 7 nitrogen and oxygen atoms in total. The third kappa shape index (κ3) is 4.58. The number of benzene rings is 1. The minimum atomic E-state index is -1.36. The van der Waals surface area contributed by atoms with Crippen LogP contribution in [0.5, 0.6) is 0 Å². The molecule has 1 aromatic carbocycles. The Kier molecular flexibility index (Phi) is 6.82. The monoisotopic (exact) mass is 379 g/mol. The van der Waals surface area contributed by atoms with Crippen LogP contribution in [0.15, 0.2) is 18.2 Å². The van der Waals surface area contributed by atoms with Gasteiger partial charge in [-0.25, -0.2) is 0 Å². The van der Waals surface area contributed by atoms with E-state index in [4.69, 9.17) is 32.7 Å². The predicted molar refractivity (Wildman–Crippen MR) is 86.6 cm³/mol. The molecule has 5 atom stereocenters. The quantitative estimate of drug-likeness (QED) is 0.591. The highest BCUT2D eigenvalue weighted by Gasteiger charge is 2.45. The summed E-state index contributed by atoms with van der Waals surface area (Å²) < 4.78 is 11.1. The molecule has 0 aliphatic carbocycles. The van der Waals surface area contributed by atoms with Gasteiger partial charge in [0.15, 0.2) is 6.29 Å². The number of halogens is 2. The first-order chi connectivity index (χ1) is 11.3. The average Bonchev–Trinajstić information content (AvgIpc) is 2.52. The summed E-state index contributed by atoms with van der Waals surface area (Å²) in [6.45, 7) is 0.786. The molecule has 1 heterocycles. The molecule has 24 heavy (non-hydrogen) atoms. The second kappa shape index (κ2) is 8.44. The maximum atomic E-state index is 11.3. The van der Waals surface area contributed by atoms with Crippen LogP contribution in [0.25, 0.3) is 0 Å². The first kappa shape index (κ1) is 19.4.